The lowest BCUT2D eigenvalue weighted by molar-refractivity contribution is 0.0258. The minimum atomic E-state index is -3.56. The number of pyridine rings is 1. The Labute approximate surface area is 145 Å². The van der Waals surface area contributed by atoms with Crippen molar-refractivity contribution in [3.8, 4) is 0 Å². The zero-order chi connectivity index (χ0) is 18.5. The average molecular weight is 354 g/mol. The van der Waals surface area contributed by atoms with Gasteiger partial charge in [-0.05, 0) is 18.2 Å². The van der Waals surface area contributed by atoms with Crippen molar-refractivity contribution in [1.82, 2.24) is 29.2 Å². The summed E-state index contributed by atoms with van der Waals surface area (Å²) in [5.74, 6) is -4.88. The summed E-state index contributed by atoms with van der Waals surface area (Å²) < 4.78 is 36.7. The highest BCUT2D eigenvalue weighted by molar-refractivity contribution is 6.32. The molecule has 11 heteroatoms. The van der Waals surface area contributed by atoms with Gasteiger partial charge in [0.05, 0.1) is 13.3 Å². The summed E-state index contributed by atoms with van der Waals surface area (Å²) in [4.78, 5) is 15.5. The van der Waals surface area contributed by atoms with Crippen molar-refractivity contribution in [3.05, 3.63) is 53.9 Å². The standard InChI is InChI=1S/C15H9BF2N6O2/c1-26-13(25)9-7-24-11(19-9)5-3-10(22-24)15(17,18)14-21-20-12-4-2-8(16)6-23(12)14/h2-7H,1H3. The van der Waals surface area contributed by atoms with Crippen LogP contribution < -0.4 is 5.46 Å². The highest BCUT2D eigenvalue weighted by Crippen LogP contribution is 2.33. The van der Waals surface area contributed by atoms with Gasteiger partial charge < -0.3 is 4.74 Å². The van der Waals surface area contributed by atoms with Crippen LogP contribution in [0.5, 0.6) is 0 Å². The number of carbonyl (C=O) groups is 1. The van der Waals surface area contributed by atoms with Crippen LogP contribution in [0.3, 0.4) is 0 Å². The first-order valence-corrected chi connectivity index (χ1v) is 7.34. The van der Waals surface area contributed by atoms with E-state index in [0.29, 0.717) is 0 Å². The summed E-state index contributed by atoms with van der Waals surface area (Å²) in [6, 6.07) is 5.45. The van der Waals surface area contributed by atoms with Crippen molar-refractivity contribution in [2.45, 2.75) is 5.92 Å². The van der Waals surface area contributed by atoms with Gasteiger partial charge in [0.1, 0.15) is 13.5 Å². The summed E-state index contributed by atoms with van der Waals surface area (Å²) in [5, 5.41) is 11.2. The molecule has 0 amide bonds. The molecule has 0 saturated heterocycles. The SMILES string of the molecule is [B]c1ccc2nnc(C(F)(F)c3ccc4nc(C(=O)OC)cn4n3)n2c1. The Morgan fingerprint density at radius 1 is 1.15 bits per heavy atom. The zero-order valence-corrected chi connectivity index (χ0v) is 13.3. The molecule has 4 heterocycles. The van der Waals surface area contributed by atoms with E-state index in [9.17, 15) is 13.6 Å². The fourth-order valence-electron chi connectivity index (χ4n) is 2.49. The first-order chi connectivity index (χ1) is 12.4. The van der Waals surface area contributed by atoms with Gasteiger partial charge >= 0.3 is 11.9 Å². The summed E-state index contributed by atoms with van der Waals surface area (Å²) in [7, 11) is 6.86. The molecule has 128 valence electrons. The molecule has 0 aliphatic heterocycles. The van der Waals surface area contributed by atoms with E-state index in [1.807, 2.05) is 0 Å². The molecular weight excluding hydrogens is 345 g/mol. The van der Waals surface area contributed by atoms with Crippen LogP contribution in [0.1, 0.15) is 22.0 Å². The topological polar surface area (TPSA) is 86.7 Å². The number of hydrogen-bond donors (Lipinski definition) is 0. The number of hydrogen-bond acceptors (Lipinski definition) is 6. The Balaban J connectivity index is 1.84. The van der Waals surface area contributed by atoms with Gasteiger partial charge in [-0.25, -0.2) is 14.3 Å². The van der Waals surface area contributed by atoms with Crippen molar-refractivity contribution in [1.29, 1.82) is 0 Å². The summed E-state index contributed by atoms with van der Waals surface area (Å²) >= 11 is 0. The summed E-state index contributed by atoms with van der Waals surface area (Å²) in [6.45, 7) is 0. The average Bonchev–Trinajstić information content (AvgIpc) is 3.24. The first kappa shape index (κ1) is 16.1. The van der Waals surface area contributed by atoms with Crippen LogP contribution in [-0.2, 0) is 10.7 Å². The molecule has 0 fully saturated rings. The highest BCUT2D eigenvalue weighted by atomic mass is 19.3. The van der Waals surface area contributed by atoms with Crippen LogP contribution in [0, 0.1) is 0 Å². The Morgan fingerprint density at radius 3 is 2.69 bits per heavy atom. The van der Waals surface area contributed by atoms with E-state index in [4.69, 9.17) is 7.85 Å². The fourth-order valence-corrected chi connectivity index (χ4v) is 2.49. The van der Waals surface area contributed by atoms with E-state index in [2.05, 4.69) is 25.0 Å². The molecule has 0 atom stereocenters. The van der Waals surface area contributed by atoms with Crippen LogP contribution in [0.4, 0.5) is 8.78 Å². The van der Waals surface area contributed by atoms with E-state index in [1.165, 1.54) is 37.7 Å². The third kappa shape index (κ3) is 2.39. The van der Waals surface area contributed by atoms with E-state index in [-0.39, 0.29) is 22.5 Å². The van der Waals surface area contributed by atoms with Gasteiger partial charge in [-0.1, -0.05) is 11.5 Å². The van der Waals surface area contributed by atoms with Crippen LogP contribution >= 0.6 is 0 Å². The molecule has 4 rings (SSSR count). The van der Waals surface area contributed by atoms with E-state index in [1.54, 1.807) is 0 Å². The second-order valence-electron chi connectivity index (χ2n) is 5.43. The number of carbonyl (C=O) groups excluding carboxylic acids is 1. The van der Waals surface area contributed by atoms with E-state index in [0.717, 1.165) is 15.0 Å². The lowest BCUT2D eigenvalue weighted by Crippen LogP contribution is -2.22. The number of halogens is 2. The highest BCUT2D eigenvalue weighted by Gasteiger charge is 2.41. The second kappa shape index (κ2) is 5.58. The smallest absolute Gasteiger partial charge is 0.358 e. The van der Waals surface area contributed by atoms with Crippen molar-refractivity contribution in [3.63, 3.8) is 0 Å². The monoisotopic (exact) mass is 354 g/mol. The molecule has 8 nitrogen and oxygen atoms in total. The molecule has 0 unspecified atom stereocenters. The van der Waals surface area contributed by atoms with Gasteiger partial charge in [-0.15, -0.1) is 10.2 Å². The van der Waals surface area contributed by atoms with Gasteiger partial charge in [-0.2, -0.15) is 13.9 Å². The lowest BCUT2D eigenvalue weighted by atomic mass is 9.99. The molecule has 0 aliphatic carbocycles. The molecule has 0 aliphatic rings. The summed E-state index contributed by atoms with van der Waals surface area (Å²) in [6.07, 6.45) is 2.52. The number of esters is 1. The second-order valence-corrected chi connectivity index (χ2v) is 5.43. The molecule has 4 aromatic heterocycles. The molecule has 0 spiro atoms. The zero-order valence-electron chi connectivity index (χ0n) is 13.3. The van der Waals surface area contributed by atoms with Crippen molar-refractivity contribution < 1.29 is 18.3 Å². The molecule has 2 radical (unpaired) electrons. The van der Waals surface area contributed by atoms with Gasteiger partial charge in [0, 0.05) is 6.20 Å². The minimum absolute atomic E-state index is 0.0406. The molecule has 0 N–H and O–H groups in total. The predicted molar refractivity (Wildman–Crippen MR) is 85.7 cm³/mol. The number of fused-ring (bicyclic) bond motifs is 2. The van der Waals surface area contributed by atoms with Gasteiger partial charge in [0.2, 0.25) is 5.82 Å². The molecule has 0 saturated carbocycles. The maximum absolute atomic E-state index is 15.0. The molecular formula is C15H9BF2N6O2. The normalized spacial score (nSPS) is 12.0. The van der Waals surface area contributed by atoms with Crippen LogP contribution in [0.15, 0.2) is 36.7 Å². The Bertz CT molecular complexity index is 1160. The quantitative estimate of drug-likeness (QED) is 0.393. The van der Waals surface area contributed by atoms with Gasteiger partial charge in [0.25, 0.3) is 0 Å². The maximum atomic E-state index is 15.0. The molecule has 0 aromatic carbocycles. The predicted octanol–water partition coefficient (Wildman–Crippen LogP) is 0.492. The lowest BCUT2D eigenvalue weighted by Gasteiger charge is -2.14. The molecule has 4 aromatic rings. The number of ether oxygens (including phenoxy) is 1. The fraction of sp³-hybridized carbons (Fsp3) is 0.133. The number of rotatable bonds is 3. The van der Waals surface area contributed by atoms with Crippen molar-refractivity contribution in [2.24, 2.45) is 0 Å². The van der Waals surface area contributed by atoms with Crippen molar-refractivity contribution in [2.75, 3.05) is 7.11 Å². The Hall–Kier alpha value is -3.37. The van der Waals surface area contributed by atoms with Crippen LogP contribution in [0.25, 0.3) is 11.3 Å². The van der Waals surface area contributed by atoms with E-state index < -0.39 is 23.4 Å². The third-order valence-electron chi connectivity index (χ3n) is 3.74. The number of aromatic nitrogens is 6. The first-order valence-electron chi connectivity index (χ1n) is 7.34. The van der Waals surface area contributed by atoms with Crippen molar-refractivity contribution >= 4 is 30.6 Å². The van der Waals surface area contributed by atoms with Crippen LogP contribution in [-0.4, -0.2) is 50.1 Å². The largest absolute Gasteiger partial charge is 0.464 e. The number of methoxy groups -OCH3 is 1. The number of imidazole rings is 1. The van der Waals surface area contributed by atoms with Gasteiger partial charge in [-0.3, -0.25) is 4.40 Å². The third-order valence-corrected chi connectivity index (χ3v) is 3.74. The Morgan fingerprint density at radius 2 is 1.92 bits per heavy atom. The minimum Gasteiger partial charge on any atom is -0.464 e. The van der Waals surface area contributed by atoms with Gasteiger partial charge in [0.15, 0.2) is 17.0 Å². The van der Waals surface area contributed by atoms with E-state index >= 15 is 0 Å². The molecule has 0 bridgehead atoms. The Kier molecular flexibility index (Phi) is 3.46. The summed E-state index contributed by atoms with van der Waals surface area (Å²) in [5.41, 5.74) is 0.109. The number of nitrogens with zero attached hydrogens (tertiary/aromatic N) is 6. The van der Waals surface area contributed by atoms with Crippen LogP contribution in [0.2, 0.25) is 0 Å². The maximum Gasteiger partial charge on any atom is 0.358 e. The molecule has 26 heavy (non-hydrogen) atoms. The number of alkyl halides is 2.